The van der Waals surface area contributed by atoms with E-state index in [1.54, 1.807) is 36.7 Å². The van der Waals surface area contributed by atoms with E-state index in [0.717, 1.165) is 11.3 Å². The number of aromatic nitrogens is 1. The van der Waals surface area contributed by atoms with Crippen LogP contribution in [0.15, 0.2) is 79.1 Å². The van der Waals surface area contributed by atoms with Crippen LogP contribution < -0.4 is 10.2 Å². The van der Waals surface area contributed by atoms with Gasteiger partial charge in [-0.05, 0) is 47.5 Å². The molecule has 0 aliphatic heterocycles. The number of hydrogen-bond donors (Lipinski definition) is 1. The van der Waals surface area contributed by atoms with Crippen molar-refractivity contribution in [3.63, 3.8) is 0 Å². The Morgan fingerprint density at radius 1 is 1.00 bits per heavy atom. The predicted octanol–water partition coefficient (Wildman–Crippen LogP) is 3.96. The molecule has 0 saturated carbocycles. The molecule has 1 heterocycles. The van der Waals surface area contributed by atoms with E-state index in [2.05, 4.69) is 4.98 Å². The van der Waals surface area contributed by atoms with Crippen molar-refractivity contribution in [3.8, 4) is 0 Å². The second-order valence-corrected chi connectivity index (χ2v) is 8.88. The molecule has 0 radical (unpaired) electrons. The fourth-order valence-electron chi connectivity index (χ4n) is 2.72. The molecule has 1 N–H and O–H groups in total. The maximum Gasteiger partial charge on any atom is 0.264 e. The quantitative estimate of drug-likeness (QED) is 0.627. The van der Waals surface area contributed by atoms with E-state index in [0.29, 0.717) is 10.9 Å². The van der Waals surface area contributed by atoms with Crippen molar-refractivity contribution in [3.05, 3.63) is 90.3 Å². The molecule has 2 aromatic carbocycles. The maximum absolute atomic E-state index is 13.9. The smallest absolute Gasteiger partial charge is 0.264 e. The van der Waals surface area contributed by atoms with Gasteiger partial charge in [0.25, 0.3) is 7.37 Å². The average molecular weight is 382 g/mol. The van der Waals surface area contributed by atoms with Crippen molar-refractivity contribution in [2.24, 2.45) is 0 Å². The van der Waals surface area contributed by atoms with Crippen LogP contribution in [0.4, 0.5) is 5.69 Å². The van der Waals surface area contributed by atoms with Crippen LogP contribution >= 0.6 is 7.37 Å². The largest absolute Gasteiger partial charge is 0.378 e. The minimum atomic E-state index is -3.59. The Morgan fingerprint density at radius 3 is 2.22 bits per heavy atom. The summed E-state index contributed by atoms with van der Waals surface area (Å²) in [6.45, 7) is 0.149. The lowest BCUT2D eigenvalue weighted by molar-refractivity contribution is 0.210. The van der Waals surface area contributed by atoms with Crippen molar-refractivity contribution in [2.75, 3.05) is 19.0 Å². The summed E-state index contributed by atoms with van der Waals surface area (Å²) >= 11 is 0. The van der Waals surface area contributed by atoms with Gasteiger partial charge in [-0.2, -0.15) is 0 Å². The van der Waals surface area contributed by atoms with E-state index >= 15 is 0 Å². The van der Waals surface area contributed by atoms with E-state index in [1.165, 1.54) is 0 Å². The summed E-state index contributed by atoms with van der Waals surface area (Å²) < 4.78 is 19.8. The summed E-state index contributed by atoms with van der Waals surface area (Å²) in [5, 5.41) is 11.4. The van der Waals surface area contributed by atoms with Crippen LogP contribution in [0.5, 0.6) is 0 Å². The molecule has 0 saturated heterocycles. The normalized spacial score (nSPS) is 14.3. The Morgan fingerprint density at radius 2 is 1.63 bits per heavy atom. The second-order valence-electron chi connectivity index (χ2n) is 6.42. The molecule has 3 aromatic rings. The van der Waals surface area contributed by atoms with Crippen LogP contribution in [0.25, 0.3) is 0 Å². The van der Waals surface area contributed by atoms with E-state index < -0.39 is 13.2 Å². The van der Waals surface area contributed by atoms with Gasteiger partial charge < -0.3 is 14.5 Å². The van der Waals surface area contributed by atoms with Crippen molar-refractivity contribution in [1.82, 2.24) is 4.98 Å². The Bertz CT molecular complexity index is 900. The van der Waals surface area contributed by atoms with Crippen LogP contribution in [0.1, 0.15) is 17.0 Å². The zero-order chi connectivity index (χ0) is 19.3. The SMILES string of the molecule is CN(C)c1ccc([P@](=O)(OCc2ccccc2)[C@@H](O)c2ccncc2)cc1. The standard InChI is InChI=1S/C21H23N2O3P/c1-23(2)19-8-10-20(11-9-19)27(25,21(24)18-12-14-22-15-13-18)26-16-17-6-4-3-5-7-17/h3-15,21,24H,16H2,1-2H3/t21-,27+/m1/s1. The van der Waals surface area contributed by atoms with E-state index in [9.17, 15) is 9.67 Å². The Labute approximate surface area is 159 Å². The molecule has 0 amide bonds. The molecule has 5 nitrogen and oxygen atoms in total. The molecule has 2 atom stereocenters. The number of aliphatic hydroxyl groups excluding tert-OH is 1. The van der Waals surface area contributed by atoms with Crippen LogP contribution in [0.3, 0.4) is 0 Å². The Balaban J connectivity index is 1.96. The van der Waals surface area contributed by atoms with E-state index in [1.807, 2.05) is 61.5 Å². The molecule has 0 fully saturated rings. The van der Waals surface area contributed by atoms with Gasteiger partial charge in [-0.15, -0.1) is 0 Å². The minimum Gasteiger partial charge on any atom is -0.378 e. The molecule has 27 heavy (non-hydrogen) atoms. The number of rotatable bonds is 7. The molecule has 140 valence electrons. The summed E-state index contributed by atoms with van der Waals surface area (Å²) in [4.78, 5) is 5.92. The maximum atomic E-state index is 13.9. The highest BCUT2D eigenvalue weighted by atomic mass is 31.2. The molecular formula is C21H23N2O3P. The summed E-state index contributed by atoms with van der Waals surface area (Å²) in [5.41, 5.74) is 2.38. The van der Waals surface area contributed by atoms with Crippen LogP contribution in [-0.2, 0) is 15.7 Å². The van der Waals surface area contributed by atoms with Crippen LogP contribution in [0.2, 0.25) is 0 Å². The lowest BCUT2D eigenvalue weighted by Crippen LogP contribution is -2.16. The van der Waals surface area contributed by atoms with Gasteiger partial charge in [0.2, 0.25) is 0 Å². The zero-order valence-electron chi connectivity index (χ0n) is 15.4. The van der Waals surface area contributed by atoms with Crippen molar-refractivity contribution >= 4 is 18.4 Å². The summed E-state index contributed by atoms with van der Waals surface area (Å²) in [6.07, 6.45) is 3.13. The van der Waals surface area contributed by atoms with Gasteiger partial charge in [0.15, 0.2) is 5.85 Å². The van der Waals surface area contributed by atoms with Gasteiger partial charge in [-0.25, -0.2) is 0 Å². The number of nitrogens with zero attached hydrogens (tertiary/aromatic N) is 2. The number of pyridine rings is 1. The second kappa shape index (κ2) is 8.49. The topological polar surface area (TPSA) is 62.7 Å². The van der Waals surface area contributed by atoms with Crippen LogP contribution in [-0.4, -0.2) is 24.2 Å². The third-order valence-corrected chi connectivity index (χ3v) is 6.79. The lowest BCUT2D eigenvalue weighted by atomic mass is 10.2. The molecule has 0 aliphatic carbocycles. The summed E-state index contributed by atoms with van der Waals surface area (Å²) in [5.74, 6) is -1.27. The van der Waals surface area contributed by atoms with Crippen molar-refractivity contribution in [1.29, 1.82) is 0 Å². The highest BCUT2D eigenvalue weighted by Crippen LogP contribution is 2.58. The molecule has 6 heteroatoms. The van der Waals surface area contributed by atoms with Crippen LogP contribution in [0, 0.1) is 0 Å². The third kappa shape index (κ3) is 4.45. The first kappa shape index (κ1) is 19.3. The summed E-state index contributed by atoms with van der Waals surface area (Å²) in [6, 6.07) is 20.1. The Hall–Kier alpha value is -2.46. The van der Waals surface area contributed by atoms with Gasteiger partial charge in [0.1, 0.15) is 0 Å². The Kier molecular flexibility index (Phi) is 6.07. The fourth-order valence-corrected chi connectivity index (χ4v) is 4.76. The predicted molar refractivity (Wildman–Crippen MR) is 108 cm³/mol. The van der Waals surface area contributed by atoms with Gasteiger partial charge in [-0.1, -0.05) is 30.3 Å². The summed E-state index contributed by atoms with van der Waals surface area (Å²) in [7, 11) is 0.283. The number of aliphatic hydroxyl groups is 1. The minimum absolute atomic E-state index is 0.149. The first-order valence-electron chi connectivity index (χ1n) is 8.65. The molecule has 0 bridgehead atoms. The molecule has 0 unspecified atom stereocenters. The highest BCUT2D eigenvalue weighted by molar-refractivity contribution is 7.67. The molecule has 0 spiro atoms. The third-order valence-electron chi connectivity index (χ3n) is 4.32. The van der Waals surface area contributed by atoms with E-state index in [4.69, 9.17) is 4.52 Å². The number of anilines is 1. The van der Waals surface area contributed by atoms with Gasteiger partial charge >= 0.3 is 0 Å². The molecule has 0 aliphatic rings. The van der Waals surface area contributed by atoms with Crippen molar-refractivity contribution < 1.29 is 14.2 Å². The van der Waals surface area contributed by atoms with Crippen molar-refractivity contribution in [2.45, 2.75) is 12.5 Å². The highest BCUT2D eigenvalue weighted by Gasteiger charge is 2.36. The average Bonchev–Trinajstić information content (AvgIpc) is 2.73. The first-order chi connectivity index (χ1) is 13.0. The zero-order valence-corrected chi connectivity index (χ0v) is 16.3. The van der Waals surface area contributed by atoms with Gasteiger partial charge in [-0.3, -0.25) is 9.55 Å². The monoisotopic (exact) mass is 382 g/mol. The molecule has 1 aromatic heterocycles. The first-order valence-corrected chi connectivity index (χ1v) is 10.3. The van der Waals surface area contributed by atoms with E-state index in [-0.39, 0.29) is 6.61 Å². The van der Waals surface area contributed by atoms with Gasteiger partial charge in [0, 0.05) is 37.5 Å². The molecule has 3 rings (SSSR count). The number of hydrogen-bond acceptors (Lipinski definition) is 5. The number of benzene rings is 2. The van der Waals surface area contributed by atoms with Gasteiger partial charge in [0.05, 0.1) is 6.61 Å². The lowest BCUT2D eigenvalue weighted by Gasteiger charge is -2.25. The molecular weight excluding hydrogens is 359 g/mol. The fraction of sp³-hybridized carbons (Fsp3) is 0.190.